The van der Waals surface area contributed by atoms with Crippen LogP contribution < -0.4 is 4.90 Å². The largest absolute Gasteiger partial charge is 0.416 e. The van der Waals surface area contributed by atoms with Gasteiger partial charge in [-0.1, -0.05) is 13.0 Å². The summed E-state index contributed by atoms with van der Waals surface area (Å²) < 4.78 is 38.6. The number of hydrogen-bond acceptors (Lipinski definition) is 2. The molecule has 1 aromatic carbocycles. The van der Waals surface area contributed by atoms with E-state index in [0.717, 1.165) is 25.0 Å². The van der Waals surface area contributed by atoms with Crippen molar-refractivity contribution in [3.05, 3.63) is 29.8 Å². The van der Waals surface area contributed by atoms with E-state index >= 15 is 0 Å². The molecule has 2 fully saturated rings. The van der Waals surface area contributed by atoms with E-state index in [1.54, 1.807) is 4.90 Å². The van der Waals surface area contributed by atoms with E-state index < -0.39 is 17.7 Å². The number of benzene rings is 1. The molecule has 136 valence electrons. The lowest BCUT2D eigenvalue weighted by Crippen LogP contribution is -2.42. The maximum absolute atomic E-state index is 12.9. The lowest BCUT2D eigenvalue weighted by molar-refractivity contribution is -0.138. The van der Waals surface area contributed by atoms with Crippen molar-refractivity contribution in [3.8, 4) is 0 Å². The van der Waals surface area contributed by atoms with Crippen LogP contribution in [0.15, 0.2) is 24.3 Å². The van der Waals surface area contributed by atoms with Gasteiger partial charge in [0.15, 0.2) is 0 Å². The molecule has 0 bridgehead atoms. The minimum absolute atomic E-state index is 0.0567. The molecule has 0 radical (unpaired) electrons. The van der Waals surface area contributed by atoms with Crippen LogP contribution in [-0.2, 0) is 15.8 Å². The Hall–Kier alpha value is -2.05. The van der Waals surface area contributed by atoms with E-state index in [1.807, 2.05) is 0 Å². The third-order valence-corrected chi connectivity index (χ3v) is 5.05. The van der Waals surface area contributed by atoms with Gasteiger partial charge < -0.3 is 9.80 Å². The first kappa shape index (κ1) is 17.8. The second-order valence-electron chi connectivity index (χ2n) is 6.96. The summed E-state index contributed by atoms with van der Waals surface area (Å²) in [6.45, 7) is 3.67. The summed E-state index contributed by atoms with van der Waals surface area (Å²) in [5, 5.41) is 0. The predicted octanol–water partition coefficient (Wildman–Crippen LogP) is 3.32. The van der Waals surface area contributed by atoms with Crippen molar-refractivity contribution in [3.63, 3.8) is 0 Å². The molecule has 2 aliphatic heterocycles. The standard InChI is InChI=1S/C18H21F3N2O2/c1-12-5-7-22(8-6-12)17(25)13-9-16(24)23(11-13)15-4-2-3-14(10-15)18(19,20)21/h2-4,10,12-13H,5-9,11H2,1H3. The number of carbonyl (C=O) groups is 2. The summed E-state index contributed by atoms with van der Waals surface area (Å²) in [4.78, 5) is 28.0. The first-order valence-corrected chi connectivity index (χ1v) is 8.52. The SMILES string of the molecule is CC1CCN(C(=O)C2CC(=O)N(c3cccc(C(F)(F)F)c3)C2)CC1. The Balaban J connectivity index is 1.71. The van der Waals surface area contributed by atoms with Gasteiger partial charge in [0, 0.05) is 31.7 Å². The van der Waals surface area contributed by atoms with Gasteiger partial charge in [0.25, 0.3) is 0 Å². The zero-order valence-corrected chi connectivity index (χ0v) is 14.1. The molecule has 0 saturated carbocycles. The van der Waals surface area contributed by atoms with Gasteiger partial charge >= 0.3 is 6.18 Å². The van der Waals surface area contributed by atoms with E-state index in [0.29, 0.717) is 19.0 Å². The minimum Gasteiger partial charge on any atom is -0.342 e. The van der Waals surface area contributed by atoms with Gasteiger partial charge in [0.2, 0.25) is 11.8 Å². The van der Waals surface area contributed by atoms with Crippen molar-refractivity contribution < 1.29 is 22.8 Å². The summed E-state index contributed by atoms with van der Waals surface area (Å²) in [6.07, 6.45) is -2.51. The number of halogens is 3. The normalized spacial score (nSPS) is 22.6. The summed E-state index contributed by atoms with van der Waals surface area (Å²) in [5.74, 6) is -0.246. The van der Waals surface area contributed by atoms with Gasteiger partial charge in [0.05, 0.1) is 11.5 Å². The zero-order valence-electron chi connectivity index (χ0n) is 14.1. The van der Waals surface area contributed by atoms with Crippen LogP contribution in [0.3, 0.4) is 0 Å². The fourth-order valence-electron chi connectivity index (χ4n) is 3.46. The third kappa shape index (κ3) is 3.80. The summed E-state index contributed by atoms with van der Waals surface area (Å²) in [7, 11) is 0. The Morgan fingerprint density at radius 1 is 1.20 bits per heavy atom. The van der Waals surface area contributed by atoms with Crippen LogP contribution in [-0.4, -0.2) is 36.3 Å². The lowest BCUT2D eigenvalue weighted by atomic mass is 9.97. The maximum Gasteiger partial charge on any atom is 0.416 e. The Morgan fingerprint density at radius 2 is 1.88 bits per heavy atom. The van der Waals surface area contributed by atoms with E-state index in [9.17, 15) is 22.8 Å². The smallest absolute Gasteiger partial charge is 0.342 e. The molecular weight excluding hydrogens is 333 g/mol. The van der Waals surface area contributed by atoms with Crippen LogP contribution in [0.1, 0.15) is 31.7 Å². The molecule has 2 saturated heterocycles. The fraction of sp³-hybridized carbons (Fsp3) is 0.556. The number of amides is 2. The minimum atomic E-state index is -4.46. The molecule has 2 amide bonds. The number of anilines is 1. The quantitative estimate of drug-likeness (QED) is 0.818. The van der Waals surface area contributed by atoms with Gasteiger partial charge in [-0.15, -0.1) is 0 Å². The van der Waals surface area contributed by atoms with E-state index in [2.05, 4.69) is 6.92 Å². The molecule has 7 heteroatoms. The van der Waals surface area contributed by atoms with Gasteiger partial charge in [0.1, 0.15) is 0 Å². The van der Waals surface area contributed by atoms with E-state index in [1.165, 1.54) is 17.0 Å². The number of nitrogens with zero attached hydrogens (tertiary/aromatic N) is 2. The molecule has 2 heterocycles. The molecule has 25 heavy (non-hydrogen) atoms. The third-order valence-electron chi connectivity index (χ3n) is 5.05. The lowest BCUT2D eigenvalue weighted by Gasteiger charge is -2.32. The van der Waals surface area contributed by atoms with Crippen molar-refractivity contribution in [1.82, 2.24) is 4.90 Å². The average molecular weight is 354 g/mol. The predicted molar refractivity (Wildman–Crippen MR) is 86.9 cm³/mol. The molecule has 4 nitrogen and oxygen atoms in total. The molecule has 3 rings (SSSR count). The van der Waals surface area contributed by atoms with Gasteiger partial charge in [-0.05, 0) is 37.0 Å². The molecule has 0 aliphatic carbocycles. The molecular formula is C18H21F3N2O2. The Kier molecular flexibility index (Phi) is 4.75. The number of likely N-dealkylation sites (tertiary alicyclic amines) is 1. The zero-order chi connectivity index (χ0) is 18.2. The average Bonchev–Trinajstić information content (AvgIpc) is 2.96. The monoisotopic (exact) mass is 354 g/mol. The number of alkyl halides is 3. The molecule has 1 atom stereocenters. The molecule has 0 spiro atoms. The fourth-order valence-corrected chi connectivity index (χ4v) is 3.46. The van der Waals surface area contributed by atoms with Crippen molar-refractivity contribution >= 4 is 17.5 Å². The molecule has 1 aromatic rings. The molecule has 1 unspecified atom stereocenters. The number of piperidine rings is 1. The highest BCUT2D eigenvalue weighted by atomic mass is 19.4. The highest BCUT2D eigenvalue weighted by molar-refractivity contribution is 6.00. The first-order valence-electron chi connectivity index (χ1n) is 8.52. The second-order valence-corrected chi connectivity index (χ2v) is 6.96. The Bertz CT molecular complexity index is 667. The molecule has 2 aliphatic rings. The molecule has 0 N–H and O–H groups in total. The first-order chi connectivity index (χ1) is 11.8. The van der Waals surface area contributed by atoms with Gasteiger partial charge in [-0.3, -0.25) is 9.59 Å². The number of hydrogen-bond donors (Lipinski definition) is 0. The van der Waals surface area contributed by atoms with E-state index in [-0.39, 0.29) is 30.5 Å². The summed E-state index contributed by atoms with van der Waals surface area (Å²) in [5.41, 5.74) is -0.597. The Labute approximate surface area is 144 Å². The van der Waals surface area contributed by atoms with Crippen LogP contribution in [0.25, 0.3) is 0 Å². The van der Waals surface area contributed by atoms with Crippen LogP contribution in [0.5, 0.6) is 0 Å². The number of carbonyl (C=O) groups excluding carboxylic acids is 2. The second kappa shape index (κ2) is 6.69. The van der Waals surface area contributed by atoms with Crippen LogP contribution in [0.4, 0.5) is 18.9 Å². The van der Waals surface area contributed by atoms with Crippen LogP contribution >= 0.6 is 0 Å². The maximum atomic E-state index is 12.9. The summed E-state index contributed by atoms with van der Waals surface area (Å²) >= 11 is 0. The van der Waals surface area contributed by atoms with Crippen LogP contribution in [0.2, 0.25) is 0 Å². The topological polar surface area (TPSA) is 40.6 Å². The van der Waals surface area contributed by atoms with Crippen LogP contribution in [0, 0.1) is 11.8 Å². The molecule has 0 aromatic heterocycles. The van der Waals surface area contributed by atoms with Crippen molar-refractivity contribution in [2.45, 2.75) is 32.4 Å². The van der Waals surface area contributed by atoms with Crippen molar-refractivity contribution in [1.29, 1.82) is 0 Å². The highest BCUT2D eigenvalue weighted by Crippen LogP contribution is 2.34. The number of rotatable bonds is 2. The van der Waals surface area contributed by atoms with Gasteiger partial charge in [-0.25, -0.2) is 0 Å². The van der Waals surface area contributed by atoms with Crippen molar-refractivity contribution in [2.75, 3.05) is 24.5 Å². The van der Waals surface area contributed by atoms with Gasteiger partial charge in [-0.2, -0.15) is 13.2 Å². The Morgan fingerprint density at radius 3 is 2.52 bits per heavy atom. The highest BCUT2D eigenvalue weighted by Gasteiger charge is 2.38. The summed E-state index contributed by atoms with van der Waals surface area (Å²) in [6, 6.07) is 4.70. The van der Waals surface area contributed by atoms with Crippen molar-refractivity contribution in [2.24, 2.45) is 11.8 Å². The van der Waals surface area contributed by atoms with E-state index in [4.69, 9.17) is 0 Å².